The van der Waals surface area contributed by atoms with E-state index in [4.69, 9.17) is 9.84 Å². The summed E-state index contributed by atoms with van der Waals surface area (Å²) in [4.78, 5) is 13.6. The van der Waals surface area contributed by atoms with E-state index in [2.05, 4.69) is 0 Å². The van der Waals surface area contributed by atoms with Crippen molar-refractivity contribution in [1.82, 2.24) is 0 Å². The fraction of sp³-hybridized carbons (Fsp3) is 0.240. The minimum atomic E-state index is -4.38. The molecule has 1 fully saturated rings. The van der Waals surface area contributed by atoms with E-state index in [1.54, 1.807) is 42.5 Å². The Hall–Kier alpha value is -2.62. The van der Waals surface area contributed by atoms with Gasteiger partial charge in [0.15, 0.2) is 9.79 Å². The maximum absolute atomic E-state index is 13.2. The number of aliphatic carboxylic acids is 1. The van der Waals surface area contributed by atoms with Gasteiger partial charge in [-0.1, -0.05) is 11.8 Å². The lowest BCUT2D eigenvalue weighted by molar-refractivity contribution is -0.138. The minimum Gasteiger partial charge on any atom is -0.606 e. The summed E-state index contributed by atoms with van der Waals surface area (Å²) in [6, 6.07) is 16.7. The molecule has 34 heavy (non-hydrogen) atoms. The third kappa shape index (κ3) is 6.71. The Morgan fingerprint density at radius 3 is 2.18 bits per heavy atom. The third-order valence-corrected chi connectivity index (χ3v) is 7.53. The van der Waals surface area contributed by atoms with Crippen LogP contribution in [-0.2, 0) is 28.6 Å². The molecular weight excluding hydrogens is 485 g/mol. The van der Waals surface area contributed by atoms with Crippen LogP contribution < -0.4 is 4.74 Å². The Balaban J connectivity index is 1.48. The third-order valence-electron chi connectivity index (χ3n) is 5.15. The average molecular weight is 507 g/mol. The van der Waals surface area contributed by atoms with Crippen LogP contribution in [0.3, 0.4) is 0 Å². The summed E-state index contributed by atoms with van der Waals surface area (Å²) in [5.41, 5.74) is -0.188. The second-order valence-corrected chi connectivity index (χ2v) is 10.6. The van der Waals surface area contributed by atoms with Crippen LogP contribution in [0.2, 0.25) is 0 Å². The standard InChI is InChI=1S/C25H21F3O4S2/c26-25(27,28)18-3-5-20(6-4-18)33-21-7-9-22(10-8-21)34(31)23-12-17(13-24(29)30)11-19(14-23)32-15-16-1-2-16/h3-12,14,16H,1-2,13,15H2,(H,29,30). The molecule has 3 aromatic carbocycles. The topological polar surface area (TPSA) is 69.6 Å². The van der Waals surface area contributed by atoms with E-state index in [0.717, 1.165) is 29.9 Å². The van der Waals surface area contributed by atoms with E-state index in [1.165, 1.54) is 23.9 Å². The van der Waals surface area contributed by atoms with Gasteiger partial charge in [-0.3, -0.25) is 4.79 Å². The smallest absolute Gasteiger partial charge is 0.416 e. The fourth-order valence-electron chi connectivity index (χ4n) is 3.21. The summed E-state index contributed by atoms with van der Waals surface area (Å²) in [7, 11) is 0. The Labute approximate surface area is 202 Å². The van der Waals surface area contributed by atoms with E-state index in [-0.39, 0.29) is 6.42 Å². The van der Waals surface area contributed by atoms with Gasteiger partial charge < -0.3 is 14.4 Å². The van der Waals surface area contributed by atoms with Gasteiger partial charge >= 0.3 is 12.1 Å². The maximum atomic E-state index is 13.2. The van der Waals surface area contributed by atoms with Gasteiger partial charge in [0.2, 0.25) is 0 Å². The molecule has 1 atom stereocenters. The second kappa shape index (κ2) is 10.3. The van der Waals surface area contributed by atoms with Gasteiger partial charge in [0, 0.05) is 27.0 Å². The lowest BCUT2D eigenvalue weighted by Gasteiger charge is -2.14. The van der Waals surface area contributed by atoms with Crippen molar-refractivity contribution in [2.24, 2.45) is 5.92 Å². The number of rotatable bonds is 9. The molecule has 1 aliphatic rings. The molecule has 0 bridgehead atoms. The quantitative estimate of drug-likeness (QED) is 0.338. The summed E-state index contributed by atoms with van der Waals surface area (Å²) < 4.78 is 57.2. The fourth-order valence-corrected chi connectivity index (χ4v) is 5.17. The lowest BCUT2D eigenvalue weighted by Crippen LogP contribution is -2.07. The number of benzene rings is 3. The van der Waals surface area contributed by atoms with Crippen molar-refractivity contribution in [2.45, 2.75) is 45.0 Å². The first-order valence-electron chi connectivity index (χ1n) is 10.5. The summed E-state index contributed by atoms with van der Waals surface area (Å²) >= 11 is -0.257. The number of carboxylic acids is 1. The van der Waals surface area contributed by atoms with Gasteiger partial charge in [-0.05, 0) is 85.0 Å². The second-order valence-electron chi connectivity index (χ2n) is 8.00. The van der Waals surface area contributed by atoms with E-state index in [9.17, 15) is 22.5 Å². The zero-order valence-electron chi connectivity index (χ0n) is 17.9. The van der Waals surface area contributed by atoms with Crippen molar-refractivity contribution >= 4 is 28.9 Å². The van der Waals surface area contributed by atoms with Crippen LogP contribution in [0.25, 0.3) is 0 Å². The van der Waals surface area contributed by atoms with Gasteiger partial charge in [0.1, 0.15) is 5.75 Å². The Morgan fingerprint density at radius 1 is 1.00 bits per heavy atom. The van der Waals surface area contributed by atoms with Crippen molar-refractivity contribution in [2.75, 3.05) is 6.61 Å². The number of hydrogen-bond acceptors (Lipinski definition) is 4. The van der Waals surface area contributed by atoms with Crippen molar-refractivity contribution < 1.29 is 32.4 Å². The number of hydrogen-bond donors (Lipinski definition) is 1. The summed E-state index contributed by atoms with van der Waals surface area (Å²) in [5.74, 6) is 0.0379. The maximum Gasteiger partial charge on any atom is 0.416 e. The highest BCUT2D eigenvalue weighted by molar-refractivity contribution is 7.99. The van der Waals surface area contributed by atoms with E-state index < -0.39 is 28.9 Å². The molecule has 4 nitrogen and oxygen atoms in total. The average Bonchev–Trinajstić information content (AvgIpc) is 3.61. The Morgan fingerprint density at radius 2 is 1.62 bits per heavy atom. The van der Waals surface area contributed by atoms with Crippen LogP contribution in [0, 0.1) is 5.92 Å². The van der Waals surface area contributed by atoms with Crippen LogP contribution in [0.5, 0.6) is 5.75 Å². The highest BCUT2D eigenvalue weighted by atomic mass is 32.2. The first-order valence-corrected chi connectivity index (χ1v) is 12.5. The zero-order chi connectivity index (χ0) is 24.3. The van der Waals surface area contributed by atoms with Crippen LogP contribution in [0.1, 0.15) is 24.0 Å². The molecule has 0 saturated heterocycles. The van der Waals surface area contributed by atoms with E-state index in [0.29, 0.717) is 38.5 Å². The summed E-state index contributed by atoms with van der Waals surface area (Å²) in [6.07, 6.45) is -2.35. The van der Waals surface area contributed by atoms with Crippen molar-refractivity contribution in [3.63, 3.8) is 0 Å². The van der Waals surface area contributed by atoms with Crippen molar-refractivity contribution in [3.05, 3.63) is 77.9 Å². The highest BCUT2D eigenvalue weighted by Crippen LogP contribution is 2.35. The van der Waals surface area contributed by atoms with Gasteiger partial charge in [0.25, 0.3) is 0 Å². The predicted octanol–water partition coefficient (Wildman–Crippen LogP) is 6.44. The number of ether oxygens (including phenoxy) is 1. The Kier molecular flexibility index (Phi) is 7.45. The first-order chi connectivity index (χ1) is 16.2. The van der Waals surface area contributed by atoms with Gasteiger partial charge in [-0.2, -0.15) is 13.2 Å². The normalized spacial score (nSPS) is 14.6. The lowest BCUT2D eigenvalue weighted by atomic mass is 10.1. The predicted molar refractivity (Wildman–Crippen MR) is 123 cm³/mol. The molecule has 1 N–H and O–H groups in total. The SMILES string of the molecule is O=C(O)Cc1cc(OCC2CC2)cc([S+]([O-])c2ccc(Sc3ccc(C(F)(F)F)cc3)cc2)c1. The molecular formula is C25H21F3O4S2. The Bertz CT molecular complexity index is 1140. The number of carbonyl (C=O) groups is 1. The summed E-state index contributed by atoms with van der Waals surface area (Å²) in [5, 5.41) is 9.16. The van der Waals surface area contributed by atoms with Crippen LogP contribution in [-0.4, -0.2) is 22.2 Å². The monoisotopic (exact) mass is 506 g/mol. The molecule has 0 radical (unpaired) electrons. The summed E-state index contributed by atoms with van der Waals surface area (Å²) in [6.45, 7) is 0.554. The largest absolute Gasteiger partial charge is 0.606 e. The molecule has 1 aliphatic carbocycles. The number of carboxylic acid groups (broad SMARTS) is 1. The molecule has 1 saturated carbocycles. The molecule has 9 heteroatoms. The highest BCUT2D eigenvalue weighted by Gasteiger charge is 2.30. The molecule has 4 rings (SSSR count). The van der Waals surface area contributed by atoms with Crippen molar-refractivity contribution in [1.29, 1.82) is 0 Å². The zero-order valence-corrected chi connectivity index (χ0v) is 19.5. The first kappa shape index (κ1) is 24.5. The molecule has 0 aromatic heterocycles. The van der Waals surface area contributed by atoms with Crippen molar-refractivity contribution in [3.8, 4) is 5.75 Å². The molecule has 3 aromatic rings. The van der Waals surface area contributed by atoms with Gasteiger partial charge in [-0.15, -0.1) is 0 Å². The minimum absolute atomic E-state index is 0.201. The van der Waals surface area contributed by atoms with E-state index >= 15 is 0 Å². The van der Waals surface area contributed by atoms with E-state index in [1.807, 2.05) is 0 Å². The molecule has 0 spiro atoms. The number of halogens is 3. The molecule has 0 heterocycles. The molecule has 0 aliphatic heterocycles. The van der Waals surface area contributed by atoms with Crippen LogP contribution in [0.4, 0.5) is 13.2 Å². The number of alkyl halides is 3. The molecule has 1 unspecified atom stereocenters. The van der Waals surface area contributed by atoms with Crippen LogP contribution in [0.15, 0.2) is 86.3 Å². The molecule has 0 amide bonds. The molecule has 178 valence electrons. The van der Waals surface area contributed by atoms with Gasteiger partial charge in [0.05, 0.1) is 18.6 Å². The van der Waals surface area contributed by atoms with Crippen LogP contribution >= 0.6 is 11.8 Å². The van der Waals surface area contributed by atoms with Gasteiger partial charge in [-0.25, -0.2) is 0 Å².